The van der Waals surface area contributed by atoms with E-state index in [9.17, 15) is 9.59 Å². The fourth-order valence-electron chi connectivity index (χ4n) is 2.74. The molecular weight excluding hydrogens is 328 g/mol. The van der Waals surface area contributed by atoms with Gasteiger partial charge in [0.05, 0.1) is 5.57 Å². The second-order valence-electron chi connectivity index (χ2n) is 5.88. The van der Waals surface area contributed by atoms with E-state index in [1.54, 1.807) is 42.1 Å². The molecule has 25 heavy (non-hydrogen) atoms. The van der Waals surface area contributed by atoms with E-state index >= 15 is 0 Å². The Hall–Kier alpha value is -2.39. The second kappa shape index (κ2) is 8.13. The van der Waals surface area contributed by atoms with Gasteiger partial charge >= 0.3 is 0 Å². The zero-order valence-electron chi connectivity index (χ0n) is 14.2. The Labute approximate surface area is 152 Å². The summed E-state index contributed by atoms with van der Waals surface area (Å²) in [5.41, 5.74) is 2.38. The number of unbranched alkanes of at least 4 members (excludes halogenated alkanes) is 1. The number of carbonyl (C=O) groups excluding carboxylic acids is 2. The molecule has 0 unspecified atom stereocenters. The van der Waals surface area contributed by atoms with Crippen LogP contribution in [0.4, 0.5) is 0 Å². The minimum Gasteiger partial charge on any atom is -0.288 e. The quantitative estimate of drug-likeness (QED) is 0.389. The number of Topliss-reactive ketones (excluding diaryl/α,β-unsaturated/α-hetero) is 2. The predicted molar refractivity (Wildman–Crippen MR) is 105 cm³/mol. The number of rotatable bonds is 6. The number of fused-ring (bicyclic) bond motifs is 1. The summed E-state index contributed by atoms with van der Waals surface area (Å²) in [5.74, 6) is 0.660. The smallest absolute Gasteiger partial charge is 0.197 e. The zero-order chi connectivity index (χ0) is 17.6. The van der Waals surface area contributed by atoms with E-state index < -0.39 is 0 Å². The minimum atomic E-state index is -0.178. The SMILES string of the molecule is CCCCS/C(=C\C=C1C(=O)c2ccccc2C1=O)c1ccccc1. The molecule has 0 aliphatic heterocycles. The molecule has 0 heterocycles. The predicted octanol–water partition coefficient (Wildman–Crippen LogP) is 5.57. The summed E-state index contributed by atoms with van der Waals surface area (Å²) in [5, 5.41) is 0. The van der Waals surface area contributed by atoms with Crippen molar-refractivity contribution in [3.8, 4) is 0 Å². The van der Waals surface area contributed by atoms with E-state index in [-0.39, 0.29) is 17.1 Å². The third kappa shape index (κ3) is 3.83. The number of carbonyl (C=O) groups is 2. The van der Waals surface area contributed by atoms with Gasteiger partial charge in [0, 0.05) is 16.0 Å². The Morgan fingerprint density at radius 1 is 0.920 bits per heavy atom. The summed E-state index contributed by atoms with van der Waals surface area (Å²) in [4.78, 5) is 26.1. The Morgan fingerprint density at radius 2 is 1.52 bits per heavy atom. The molecular formula is C22H20O2S. The Balaban J connectivity index is 1.92. The number of benzene rings is 2. The number of hydrogen-bond acceptors (Lipinski definition) is 3. The van der Waals surface area contributed by atoms with E-state index in [4.69, 9.17) is 0 Å². The first kappa shape index (κ1) is 17.4. The maximum atomic E-state index is 12.5. The molecule has 3 rings (SSSR count). The molecule has 0 aromatic heterocycles. The molecule has 1 aliphatic carbocycles. The van der Waals surface area contributed by atoms with Gasteiger partial charge in [-0.3, -0.25) is 9.59 Å². The molecule has 0 bridgehead atoms. The molecule has 0 spiro atoms. The van der Waals surface area contributed by atoms with E-state index in [0.29, 0.717) is 11.1 Å². The summed E-state index contributed by atoms with van der Waals surface area (Å²) >= 11 is 1.76. The lowest BCUT2D eigenvalue weighted by atomic mass is 10.1. The maximum absolute atomic E-state index is 12.5. The third-order valence-corrected chi connectivity index (χ3v) is 5.30. The number of allylic oxidation sites excluding steroid dienone is 3. The topological polar surface area (TPSA) is 34.1 Å². The molecule has 2 aromatic rings. The van der Waals surface area contributed by atoms with Crippen LogP contribution in [0.15, 0.2) is 72.3 Å². The van der Waals surface area contributed by atoms with Crippen molar-refractivity contribution < 1.29 is 9.59 Å². The van der Waals surface area contributed by atoms with E-state index in [2.05, 4.69) is 19.1 Å². The largest absolute Gasteiger partial charge is 0.288 e. The Bertz CT molecular complexity index is 810. The molecule has 0 N–H and O–H groups in total. The van der Waals surface area contributed by atoms with Gasteiger partial charge in [0.15, 0.2) is 11.6 Å². The van der Waals surface area contributed by atoms with Crippen molar-refractivity contribution in [1.29, 1.82) is 0 Å². The fraction of sp³-hybridized carbons (Fsp3) is 0.182. The minimum absolute atomic E-state index is 0.178. The summed E-state index contributed by atoms with van der Waals surface area (Å²) in [6, 6.07) is 17.1. The molecule has 0 saturated heterocycles. The maximum Gasteiger partial charge on any atom is 0.197 e. The van der Waals surface area contributed by atoms with Gasteiger partial charge in [-0.15, -0.1) is 11.8 Å². The van der Waals surface area contributed by atoms with Crippen LogP contribution in [0.25, 0.3) is 4.91 Å². The number of hydrogen-bond donors (Lipinski definition) is 0. The van der Waals surface area contributed by atoms with Crippen LogP contribution in [0, 0.1) is 0 Å². The second-order valence-corrected chi connectivity index (χ2v) is 7.02. The molecule has 2 nitrogen and oxygen atoms in total. The number of ketones is 2. The summed E-state index contributed by atoms with van der Waals surface area (Å²) in [6.07, 6.45) is 5.87. The lowest BCUT2D eigenvalue weighted by Crippen LogP contribution is -1.99. The first-order valence-corrected chi connectivity index (χ1v) is 9.49. The zero-order valence-corrected chi connectivity index (χ0v) is 15.0. The van der Waals surface area contributed by atoms with Crippen molar-refractivity contribution in [2.24, 2.45) is 0 Å². The van der Waals surface area contributed by atoms with Crippen LogP contribution < -0.4 is 0 Å². The summed E-state index contributed by atoms with van der Waals surface area (Å²) in [6.45, 7) is 2.17. The monoisotopic (exact) mass is 348 g/mol. The van der Waals surface area contributed by atoms with E-state index in [1.807, 2.05) is 24.3 Å². The third-order valence-electron chi connectivity index (χ3n) is 4.12. The first-order chi connectivity index (χ1) is 12.2. The average molecular weight is 348 g/mol. The highest BCUT2D eigenvalue weighted by molar-refractivity contribution is 8.08. The highest BCUT2D eigenvalue weighted by Crippen LogP contribution is 2.30. The van der Waals surface area contributed by atoms with Gasteiger partial charge in [0.1, 0.15) is 0 Å². The van der Waals surface area contributed by atoms with Gasteiger partial charge in [-0.2, -0.15) is 0 Å². The van der Waals surface area contributed by atoms with E-state index in [0.717, 1.165) is 29.1 Å². The molecule has 0 fully saturated rings. The molecule has 0 saturated carbocycles. The van der Waals surface area contributed by atoms with Gasteiger partial charge in [-0.1, -0.05) is 67.9 Å². The molecule has 1 aliphatic rings. The van der Waals surface area contributed by atoms with Crippen molar-refractivity contribution in [1.82, 2.24) is 0 Å². The molecule has 0 radical (unpaired) electrons. The average Bonchev–Trinajstić information content (AvgIpc) is 2.90. The van der Waals surface area contributed by atoms with Crippen LogP contribution in [0.2, 0.25) is 0 Å². The van der Waals surface area contributed by atoms with Crippen molar-refractivity contribution >= 4 is 28.2 Å². The van der Waals surface area contributed by atoms with Crippen molar-refractivity contribution in [3.63, 3.8) is 0 Å². The molecule has 2 aromatic carbocycles. The molecule has 3 heteroatoms. The molecule has 126 valence electrons. The lowest BCUT2D eigenvalue weighted by molar-refractivity contribution is 0.0989. The normalized spacial score (nSPS) is 14.0. The highest BCUT2D eigenvalue weighted by atomic mass is 32.2. The van der Waals surface area contributed by atoms with Gasteiger partial charge in [-0.25, -0.2) is 0 Å². The number of thioether (sulfide) groups is 1. The Kier molecular flexibility index (Phi) is 5.67. The Morgan fingerprint density at radius 3 is 2.12 bits per heavy atom. The first-order valence-electron chi connectivity index (χ1n) is 8.51. The lowest BCUT2D eigenvalue weighted by Gasteiger charge is -2.06. The van der Waals surface area contributed by atoms with Gasteiger partial charge in [0.25, 0.3) is 0 Å². The highest BCUT2D eigenvalue weighted by Gasteiger charge is 2.32. The van der Waals surface area contributed by atoms with Crippen LogP contribution in [-0.4, -0.2) is 17.3 Å². The molecule has 0 atom stereocenters. The van der Waals surface area contributed by atoms with Crippen LogP contribution in [-0.2, 0) is 0 Å². The van der Waals surface area contributed by atoms with Gasteiger partial charge in [-0.05, 0) is 29.9 Å². The fourth-order valence-corrected chi connectivity index (χ4v) is 3.86. The van der Waals surface area contributed by atoms with Crippen molar-refractivity contribution in [2.45, 2.75) is 19.8 Å². The van der Waals surface area contributed by atoms with E-state index in [1.165, 1.54) is 0 Å². The van der Waals surface area contributed by atoms with Crippen LogP contribution in [0.5, 0.6) is 0 Å². The van der Waals surface area contributed by atoms with Crippen LogP contribution >= 0.6 is 11.8 Å². The molecule has 0 amide bonds. The van der Waals surface area contributed by atoms with Crippen molar-refractivity contribution in [3.05, 3.63) is 89.0 Å². The van der Waals surface area contributed by atoms with Gasteiger partial charge < -0.3 is 0 Å². The van der Waals surface area contributed by atoms with Crippen LogP contribution in [0.3, 0.4) is 0 Å². The van der Waals surface area contributed by atoms with Crippen molar-refractivity contribution in [2.75, 3.05) is 5.75 Å². The summed E-state index contributed by atoms with van der Waals surface area (Å²) in [7, 11) is 0. The summed E-state index contributed by atoms with van der Waals surface area (Å²) < 4.78 is 0. The standard InChI is InChI=1S/C22H20O2S/c1-2-3-15-25-20(16-9-5-4-6-10-16)14-13-19-21(23)17-11-7-8-12-18(17)22(19)24/h4-14H,2-3,15H2,1H3/b20-14-. The van der Waals surface area contributed by atoms with Crippen LogP contribution in [0.1, 0.15) is 46.0 Å². The van der Waals surface area contributed by atoms with Gasteiger partial charge in [0.2, 0.25) is 0 Å².